The molecule has 3 rings (SSSR count). The summed E-state index contributed by atoms with van der Waals surface area (Å²) in [5, 5.41) is 0.191. The monoisotopic (exact) mass is 394 g/mol. The predicted molar refractivity (Wildman–Crippen MR) is 105 cm³/mol. The van der Waals surface area contributed by atoms with Gasteiger partial charge in [0.2, 0.25) is 5.28 Å². The number of ether oxygens (including phenoxy) is 1. The number of nitrogens with zero attached hydrogens (tertiary/aromatic N) is 6. The third-order valence-corrected chi connectivity index (χ3v) is 4.90. The number of aromatic nitrogens is 4. The molecule has 1 aliphatic rings. The van der Waals surface area contributed by atoms with Crippen molar-refractivity contribution in [2.45, 2.75) is 58.7 Å². The van der Waals surface area contributed by atoms with E-state index in [2.05, 4.69) is 33.7 Å². The summed E-state index contributed by atoms with van der Waals surface area (Å²) >= 11 is 6.17. The van der Waals surface area contributed by atoms with Crippen LogP contribution in [0, 0.1) is 0 Å². The van der Waals surface area contributed by atoms with Crippen LogP contribution >= 0.6 is 11.6 Å². The molecule has 1 saturated heterocycles. The average molecular weight is 395 g/mol. The summed E-state index contributed by atoms with van der Waals surface area (Å²) < 4.78 is 7.42. The fraction of sp³-hybridized carbons (Fsp3) is 0.667. The first-order valence-electron chi connectivity index (χ1n) is 9.21. The third-order valence-electron chi connectivity index (χ3n) is 4.73. The number of aryl methyl sites for hydroxylation is 1. The van der Waals surface area contributed by atoms with Crippen LogP contribution < -0.4 is 4.90 Å². The fourth-order valence-electron chi connectivity index (χ4n) is 3.39. The van der Waals surface area contributed by atoms with Gasteiger partial charge in [0.1, 0.15) is 5.60 Å². The zero-order valence-corrected chi connectivity index (χ0v) is 17.5. The minimum atomic E-state index is -0.518. The van der Waals surface area contributed by atoms with Gasteiger partial charge in [-0.25, -0.2) is 9.78 Å². The lowest BCUT2D eigenvalue weighted by molar-refractivity contribution is 0.0106. The van der Waals surface area contributed by atoms with E-state index < -0.39 is 5.60 Å². The topological polar surface area (TPSA) is 76.4 Å². The van der Waals surface area contributed by atoms with Crippen LogP contribution in [-0.4, -0.2) is 61.3 Å². The number of hydrogen-bond donors (Lipinski definition) is 0. The zero-order chi connectivity index (χ0) is 19.9. The molecular weight excluding hydrogens is 368 g/mol. The van der Waals surface area contributed by atoms with Gasteiger partial charge in [0.15, 0.2) is 17.0 Å². The Morgan fingerprint density at radius 2 is 2.04 bits per heavy atom. The standard InChI is InChI=1S/C18H27ClN6O2/c1-7-12-9-24(11(2)8-25(12)17(26)27-18(3,4)5)15-13-14(21-16(19)22-15)23(6)10-20-13/h10-12H,7-9H2,1-6H3/t11-,12+/m0/s1. The summed E-state index contributed by atoms with van der Waals surface area (Å²) in [5.74, 6) is 0.709. The van der Waals surface area contributed by atoms with E-state index in [1.807, 2.05) is 37.3 Å². The number of anilines is 1. The molecule has 148 valence electrons. The van der Waals surface area contributed by atoms with Gasteiger partial charge in [-0.15, -0.1) is 0 Å². The van der Waals surface area contributed by atoms with Crippen LogP contribution in [-0.2, 0) is 11.8 Å². The smallest absolute Gasteiger partial charge is 0.410 e. The molecule has 0 N–H and O–H groups in total. The number of hydrogen-bond acceptors (Lipinski definition) is 6. The number of piperazine rings is 1. The largest absolute Gasteiger partial charge is 0.444 e. The van der Waals surface area contributed by atoms with E-state index in [1.165, 1.54) is 0 Å². The molecular formula is C18H27ClN6O2. The molecule has 9 heteroatoms. The molecule has 3 heterocycles. The minimum Gasteiger partial charge on any atom is -0.444 e. The average Bonchev–Trinajstić information content (AvgIpc) is 2.93. The molecule has 0 bridgehead atoms. The van der Waals surface area contributed by atoms with Crippen LogP contribution in [0.1, 0.15) is 41.0 Å². The van der Waals surface area contributed by atoms with Crippen LogP contribution in [0.5, 0.6) is 0 Å². The highest BCUT2D eigenvalue weighted by molar-refractivity contribution is 6.28. The number of carbonyl (C=O) groups excluding carboxylic acids is 1. The summed E-state index contributed by atoms with van der Waals surface area (Å²) in [7, 11) is 1.88. The summed E-state index contributed by atoms with van der Waals surface area (Å²) in [6.45, 7) is 11.0. The van der Waals surface area contributed by atoms with E-state index in [0.29, 0.717) is 30.1 Å². The van der Waals surface area contributed by atoms with Gasteiger partial charge in [0, 0.05) is 26.2 Å². The first-order chi connectivity index (χ1) is 12.6. The summed E-state index contributed by atoms with van der Waals surface area (Å²) in [5.41, 5.74) is 0.893. The van der Waals surface area contributed by atoms with Crippen molar-refractivity contribution in [1.82, 2.24) is 24.4 Å². The lowest BCUT2D eigenvalue weighted by Gasteiger charge is -2.45. The molecule has 0 aromatic carbocycles. The summed E-state index contributed by atoms with van der Waals surface area (Å²) in [6.07, 6.45) is 2.25. The van der Waals surface area contributed by atoms with Crippen molar-refractivity contribution >= 4 is 34.7 Å². The molecule has 0 aliphatic carbocycles. The zero-order valence-electron chi connectivity index (χ0n) is 16.7. The normalized spacial score (nSPS) is 21.0. The van der Waals surface area contributed by atoms with Crippen LogP contribution in [0.25, 0.3) is 11.2 Å². The van der Waals surface area contributed by atoms with Gasteiger partial charge < -0.3 is 19.1 Å². The molecule has 1 amide bonds. The van der Waals surface area contributed by atoms with Crippen LogP contribution in [0.4, 0.5) is 10.6 Å². The van der Waals surface area contributed by atoms with Gasteiger partial charge in [0.05, 0.1) is 12.4 Å². The first-order valence-corrected chi connectivity index (χ1v) is 9.59. The Hall–Kier alpha value is -2.09. The van der Waals surface area contributed by atoms with Gasteiger partial charge in [-0.1, -0.05) is 6.92 Å². The van der Waals surface area contributed by atoms with E-state index in [9.17, 15) is 4.79 Å². The second kappa shape index (κ2) is 7.14. The third kappa shape index (κ3) is 3.95. The van der Waals surface area contributed by atoms with Gasteiger partial charge in [-0.3, -0.25) is 0 Å². The van der Waals surface area contributed by atoms with Crippen LogP contribution in [0.3, 0.4) is 0 Å². The second-order valence-electron chi connectivity index (χ2n) is 8.04. The molecule has 0 radical (unpaired) electrons. The summed E-state index contributed by atoms with van der Waals surface area (Å²) in [6, 6.07) is 0.0556. The van der Waals surface area contributed by atoms with Gasteiger partial charge >= 0.3 is 6.09 Å². The Labute approximate surface area is 164 Å². The maximum Gasteiger partial charge on any atom is 0.410 e. The molecule has 2 aromatic heterocycles. The highest BCUT2D eigenvalue weighted by Gasteiger charge is 2.37. The lowest BCUT2D eigenvalue weighted by atomic mass is 10.1. The van der Waals surface area contributed by atoms with Crippen molar-refractivity contribution in [3.05, 3.63) is 11.6 Å². The molecule has 0 saturated carbocycles. The molecule has 0 unspecified atom stereocenters. The molecule has 2 atom stereocenters. The van der Waals surface area contributed by atoms with E-state index >= 15 is 0 Å². The van der Waals surface area contributed by atoms with E-state index in [-0.39, 0.29) is 23.5 Å². The van der Waals surface area contributed by atoms with Gasteiger partial charge in [-0.2, -0.15) is 9.97 Å². The number of fused-ring (bicyclic) bond motifs is 1. The van der Waals surface area contributed by atoms with Crippen molar-refractivity contribution in [3.8, 4) is 0 Å². The molecule has 1 fully saturated rings. The maximum atomic E-state index is 12.7. The van der Waals surface area contributed by atoms with Crippen molar-refractivity contribution in [2.24, 2.45) is 7.05 Å². The van der Waals surface area contributed by atoms with E-state index in [1.54, 1.807) is 6.33 Å². The van der Waals surface area contributed by atoms with Crippen molar-refractivity contribution in [3.63, 3.8) is 0 Å². The Bertz CT molecular complexity index is 846. The van der Waals surface area contributed by atoms with Gasteiger partial charge in [0.25, 0.3) is 0 Å². The second-order valence-corrected chi connectivity index (χ2v) is 8.38. The lowest BCUT2D eigenvalue weighted by Crippen LogP contribution is -2.60. The number of amides is 1. The van der Waals surface area contributed by atoms with Crippen molar-refractivity contribution < 1.29 is 9.53 Å². The Morgan fingerprint density at radius 1 is 1.33 bits per heavy atom. The van der Waals surface area contributed by atoms with Gasteiger partial charge in [-0.05, 0) is 45.7 Å². The molecule has 1 aliphatic heterocycles. The number of rotatable bonds is 2. The Kier molecular flexibility index (Phi) is 5.20. The van der Waals surface area contributed by atoms with Crippen molar-refractivity contribution in [2.75, 3.05) is 18.0 Å². The van der Waals surface area contributed by atoms with E-state index in [0.717, 1.165) is 6.42 Å². The van der Waals surface area contributed by atoms with Crippen LogP contribution in [0.2, 0.25) is 5.28 Å². The highest BCUT2D eigenvalue weighted by Crippen LogP contribution is 2.30. The molecule has 2 aromatic rings. The maximum absolute atomic E-state index is 12.7. The molecule has 27 heavy (non-hydrogen) atoms. The summed E-state index contributed by atoms with van der Waals surface area (Å²) in [4.78, 5) is 29.8. The van der Waals surface area contributed by atoms with Crippen molar-refractivity contribution in [1.29, 1.82) is 0 Å². The molecule has 8 nitrogen and oxygen atoms in total. The Balaban J connectivity index is 1.91. The van der Waals surface area contributed by atoms with Crippen LogP contribution in [0.15, 0.2) is 6.33 Å². The quantitative estimate of drug-likeness (QED) is 0.728. The number of imidazole rings is 1. The minimum absolute atomic E-state index is 0.0172. The first kappa shape index (κ1) is 19.7. The highest BCUT2D eigenvalue weighted by atomic mass is 35.5. The Morgan fingerprint density at radius 3 is 2.67 bits per heavy atom. The fourth-order valence-corrected chi connectivity index (χ4v) is 3.55. The van der Waals surface area contributed by atoms with E-state index in [4.69, 9.17) is 16.3 Å². The SMILES string of the molecule is CC[C@@H]1CN(c2nc(Cl)nc3c2ncn3C)[C@@H](C)CN1C(=O)OC(C)(C)C. The predicted octanol–water partition coefficient (Wildman–Crippen LogP) is 3.24. The number of halogens is 1. The molecule has 0 spiro atoms. The number of carbonyl (C=O) groups is 1.